The molecule has 2 rings (SSSR count). The molecule has 2 aromatic rings. The molecular formula is C12H11Cl2N2OS+. The van der Waals surface area contributed by atoms with E-state index in [0.717, 1.165) is 11.3 Å². The van der Waals surface area contributed by atoms with E-state index >= 15 is 0 Å². The number of halogens is 2. The van der Waals surface area contributed by atoms with E-state index in [4.69, 9.17) is 23.2 Å². The van der Waals surface area contributed by atoms with Crippen LogP contribution in [0.25, 0.3) is 0 Å². The average Bonchev–Trinajstić information content (AvgIpc) is 2.27. The summed E-state index contributed by atoms with van der Waals surface area (Å²) in [7, 11) is 0. The molecule has 94 valence electrons. The zero-order valence-electron chi connectivity index (χ0n) is 9.59. The van der Waals surface area contributed by atoms with E-state index in [2.05, 4.69) is 9.97 Å². The molecule has 0 fully saturated rings. The maximum atomic E-state index is 11.3. The van der Waals surface area contributed by atoms with Gasteiger partial charge in [-0.05, 0) is 36.4 Å². The fraction of sp³-hybridized carbons (Fsp3) is 0.167. The Bertz CT molecular complexity index is 607. The predicted molar refractivity (Wildman–Crippen MR) is 74.4 cm³/mol. The van der Waals surface area contributed by atoms with Crippen LogP contribution in [0.15, 0.2) is 34.2 Å². The summed E-state index contributed by atoms with van der Waals surface area (Å²) in [5.74, 6) is 0.592. The van der Waals surface area contributed by atoms with Crippen molar-refractivity contribution >= 4 is 35.0 Å². The summed E-state index contributed by atoms with van der Waals surface area (Å²) in [4.78, 5) is 17.1. The van der Waals surface area contributed by atoms with Gasteiger partial charge in [0.25, 0.3) is 0 Å². The van der Waals surface area contributed by atoms with Crippen LogP contribution < -0.4 is 10.5 Å². The molecule has 0 unspecified atom stereocenters. The number of H-pyrrole nitrogens is 2. The van der Waals surface area contributed by atoms with Gasteiger partial charge in [0.05, 0.1) is 6.07 Å². The fourth-order valence-electron chi connectivity index (χ4n) is 1.48. The lowest BCUT2D eigenvalue weighted by molar-refractivity contribution is -0.442. The topological polar surface area (TPSA) is 47.0 Å². The fourth-order valence-corrected chi connectivity index (χ4v) is 3.17. The molecule has 0 aliphatic rings. The first-order valence-electron chi connectivity index (χ1n) is 5.25. The highest BCUT2D eigenvalue weighted by molar-refractivity contribution is 7.98. The summed E-state index contributed by atoms with van der Waals surface area (Å²) in [5, 5.41) is 1.95. The van der Waals surface area contributed by atoms with Crippen LogP contribution in [0.1, 0.15) is 11.3 Å². The Labute approximate surface area is 119 Å². The van der Waals surface area contributed by atoms with Gasteiger partial charge < -0.3 is 0 Å². The second-order valence-corrected chi connectivity index (χ2v) is 5.56. The minimum atomic E-state index is -0.126. The lowest BCUT2D eigenvalue weighted by Gasteiger charge is -2.04. The molecule has 0 aliphatic heterocycles. The van der Waals surface area contributed by atoms with Crippen molar-refractivity contribution in [3.05, 3.63) is 55.9 Å². The van der Waals surface area contributed by atoms with Crippen molar-refractivity contribution in [3.63, 3.8) is 0 Å². The number of thioether (sulfide) groups is 1. The Balaban J connectivity index is 2.19. The predicted octanol–water partition coefficient (Wildman–Crippen LogP) is 3.10. The van der Waals surface area contributed by atoms with Gasteiger partial charge in [-0.15, -0.1) is 0 Å². The second kappa shape index (κ2) is 5.78. The molecule has 18 heavy (non-hydrogen) atoms. The van der Waals surface area contributed by atoms with Crippen LogP contribution in [0.4, 0.5) is 0 Å². The van der Waals surface area contributed by atoms with Crippen LogP contribution in [0.3, 0.4) is 0 Å². The van der Waals surface area contributed by atoms with Gasteiger partial charge in [-0.1, -0.05) is 29.3 Å². The minimum absolute atomic E-state index is 0.126. The smallest absolute Gasteiger partial charge is 0.241 e. The Morgan fingerprint density at radius 3 is 2.61 bits per heavy atom. The molecule has 0 aliphatic carbocycles. The molecule has 0 amide bonds. The second-order valence-electron chi connectivity index (χ2n) is 3.76. The van der Waals surface area contributed by atoms with Gasteiger partial charge in [0.2, 0.25) is 0 Å². The molecule has 0 bridgehead atoms. The Hall–Kier alpha value is -0.970. The third kappa shape index (κ3) is 3.28. The van der Waals surface area contributed by atoms with Crippen LogP contribution in [0.5, 0.6) is 0 Å². The third-order valence-electron chi connectivity index (χ3n) is 2.32. The summed E-state index contributed by atoms with van der Waals surface area (Å²) < 4.78 is 0. The Morgan fingerprint density at radius 2 is 2.00 bits per heavy atom. The van der Waals surface area contributed by atoms with Crippen LogP contribution >= 0.6 is 35.0 Å². The lowest BCUT2D eigenvalue weighted by Crippen LogP contribution is -2.20. The summed E-state index contributed by atoms with van der Waals surface area (Å²) in [6.45, 7) is 1.84. The van der Waals surface area contributed by atoms with E-state index in [9.17, 15) is 4.79 Å². The first-order chi connectivity index (χ1) is 8.56. The van der Waals surface area contributed by atoms with Crippen molar-refractivity contribution in [3.8, 4) is 0 Å². The van der Waals surface area contributed by atoms with E-state index in [0.29, 0.717) is 21.0 Å². The van der Waals surface area contributed by atoms with Crippen LogP contribution in [-0.2, 0) is 5.75 Å². The molecule has 0 saturated heterocycles. The molecule has 1 aromatic carbocycles. The molecule has 0 radical (unpaired) electrons. The first-order valence-corrected chi connectivity index (χ1v) is 6.99. The standard InChI is InChI=1S/C12H10Cl2N2OS/c1-7-5-11(17)16-12(15-7)18-6-8-9(13)3-2-4-10(8)14/h2-5H,6H2,1H3,(H,15,16,17)/p+1. The molecule has 0 saturated carbocycles. The van der Waals surface area contributed by atoms with E-state index in [1.165, 1.54) is 17.8 Å². The summed E-state index contributed by atoms with van der Waals surface area (Å²) >= 11 is 13.6. The van der Waals surface area contributed by atoms with Gasteiger partial charge in [0.1, 0.15) is 5.69 Å². The van der Waals surface area contributed by atoms with Crippen LogP contribution in [-0.4, -0.2) is 4.98 Å². The maximum Gasteiger partial charge on any atom is 0.336 e. The average molecular weight is 302 g/mol. The Kier molecular flexibility index (Phi) is 4.32. The monoisotopic (exact) mass is 301 g/mol. The van der Waals surface area contributed by atoms with Gasteiger partial charge in [-0.25, -0.2) is 14.8 Å². The van der Waals surface area contributed by atoms with Gasteiger partial charge in [0, 0.05) is 15.8 Å². The van der Waals surface area contributed by atoms with Crippen molar-refractivity contribution in [2.75, 3.05) is 0 Å². The quantitative estimate of drug-likeness (QED) is 0.699. The zero-order valence-corrected chi connectivity index (χ0v) is 11.9. The number of rotatable bonds is 3. The van der Waals surface area contributed by atoms with Crippen LogP contribution in [0, 0.1) is 6.92 Å². The Morgan fingerprint density at radius 1 is 1.33 bits per heavy atom. The summed E-state index contributed by atoms with van der Waals surface area (Å²) in [6, 6.07) is 6.91. The molecule has 1 aromatic heterocycles. The van der Waals surface area contributed by atoms with E-state index in [-0.39, 0.29) is 5.56 Å². The van der Waals surface area contributed by atoms with E-state index in [1.807, 2.05) is 6.92 Å². The molecule has 2 N–H and O–H groups in total. The van der Waals surface area contributed by atoms with Crippen molar-refractivity contribution in [2.45, 2.75) is 17.8 Å². The zero-order chi connectivity index (χ0) is 13.1. The van der Waals surface area contributed by atoms with Crippen molar-refractivity contribution < 1.29 is 4.98 Å². The molecule has 0 atom stereocenters. The summed E-state index contributed by atoms with van der Waals surface area (Å²) in [5.41, 5.74) is 1.55. The normalized spacial score (nSPS) is 10.6. The van der Waals surface area contributed by atoms with Crippen molar-refractivity contribution in [1.29, 1.82) is 0 Å². The van der Waals surface area contributed by atoms with Gasteiger partial charge >= 0.3 is 10.7 Å². The number of benzene rings is 1. The minimum Gasteiger partial charge on any atom is -0.241 e. The molecule has 6 heteroatoms. The number of nitrogens with one attached hydrogen (secondary N) is 2. The molecule has 0 spiro atoms. The van der Waals surface area contributed by atoms with E-state index in [1.54, 1.807) is 18.2 Å². The lowest BCUT2D eigenvalue weighted by atomic mass is 10.2. The largest absolute Gasteiger partial charge is 0.336 e. The van der Waals surface area contributed by atoms with Gasteiger partial charge in [-0.3, -0.25) is 0 Å². The highest BCUT2D eigenvalue weighted by atomic mass is 35.5. The number of hydrogen-bond acceptors (Lipinski definition) is 2. The number of aromatic amines is 2. The van der Waals surface area contributed by atoms with Crippen molar-refractivity contribution in [2.24, 2.45) is 0 Å². The third-order valence-corrected chi connectivity index (χ3v) is 3.95. The number of hydrogen-bond donors (Lipinski definition) is 1. The van der Waals surface area contributed by atoms with Gasteiger partial charge in [0.15, 0.2) is 0 Å². The highest BCUT2D eigenvalue weighted by Gasteiger charge is 2.10. The van der Waals surface area contributed by atoms with Crippen LogP contribution in [0.2, 0.25) is 10.0 Å². The maximum absolute atomic E-state index is 11.3. The number of aryl methyl sites for hydroxylation is 1. The molecule has 3 nitrogen and oxygen atoms in total. The van der Waals surface area contributed by atoms with E-state index < -0.39 is 0 Å². The number of aromatic nitrogens is 2. The molecular weight excluding hydrogens is 291 g/mol. The van der Waals surface area contributed by atoms with Crippen molar-refractivity contribution in [1.82, 2.24) is 4.98 Å². The first kappa shape index (κ1) is 13.5. The molecule has 1 heterocycles. The summed E-state index contributed by atoms with van der Waals surface area (Å²) in [6.07, 6.45) is 0. The van der Waals surface area contributed by atoms with Gasteiger partial charge in [-0.2, -0.15) is 0 Å². The SMILES string of the molecule is Cc1cc(=O)[nH]c(SCc2c(Cl)cccc2Cl)[nH+]1. The highest BCUT2D eigenvalue weighted by Crippen LogP contribution is 2.29.